The smallest absolute Gasteiger partial charge is 0.248 e. The molecule has 0 aliphatic carbocycles. The van der Waals surface area contributed by atoms with Gasteiger partial charge in [-0.2, -0.15) is 0 Å². The van der Waals surface area contributed by atoms with Gasteiger partial charge in [-0.15, -0.1) is 0 Å². The molecule has 1 aliphatic heterocycles. The molecule has 1 aromatic heterocycles. The molecule has 92 valence electrons. The maximum Gasteiger partial charge on any atom is 0.248 e. The molecule has 1 fully saturated rings. The van der Waals surface area contributed by atoms with Gasteiger partial charge in [0.1, 0.15) is 11.3 Å². The predicted molar refractivity (Wildman–Crippen MR) is 61.0 cm³/mol. The van der Waals surface area contributed by atoms with E-state index < -0.39 is 5.54 Å². The number of rotatable bonds is 2. The molecule has 0 spiro atoms. The molecule has 1 N–H and O–H groups in total. The van der Waals surface area contributed by atoms with E-state index in [1.165, 1.54) is 0 Å². The van der Waals surface area contributed by atoms with Crippen LogP contribution in [0, 0.1) is 0 Å². The number of carbonyl (C=O) groups is 2. The molecule has 17 heavy (non-hydrogen) atoms. The highest BCUT2D eigenvalue weighted by molar-refractivity contribution is 5.92. The number of amides is 2. The summed E-state index contributed by atoms with van der Waals surface area (Å²) >= 11 is 0. The highest BCUT2D eigenvalue weighted by Crippen LogP contribution is 2.16. The Hall–Kier alpha value is -1.78. The fraction of sp³-hybridized carbons (Fsp3) is 0.500. The van der Waals surface area contributed by atoms with Crippen LogP contribution >= 0.6 is 0 Å². The second-order valence-corrected chi connectivity index (χ2v) is 4.73. The average molecular weight is 236 g/mol. The quantitative estimate of drug-likeness (QED) is 0.830. The highest BCUT2D eigenvalue weighted by atomic mass is 16.3. The Labute approximate surface area is 99.8 Å². The molecule has 2 heterocycles. The molecule has 5 nitrogen and oxygen atoms in total. The molecule has 1 aliphatic rings. The van der Waals surface area contributed by atoms with Crippen LogP contribution in [-0.2, 0) is 16.1 Å². The first-order valence-corrected chi connectivity index (χ1v) is 5.62. The minimum Gasteiger partial charge on any atom is -0.467 e. The number of nitrogens with one attached hydrogen (secondary N) is 1. The minimum absolute atomic E-state index is 0.0836. The highest BCUT2D eigenvalue weighted by Gasteiger charge is 2.36. The predicted octanol–water partition coefficient (Wildman–Crippen LogP) is 0.907. The lowest BCUT2D eigenvalue weighted by Crippen LogP contribution is -2.52. The van der Waals surface area contributed by atoms with Gasteiger partial charge >= 0.3 is 0 Å². The van der Waals surface area contributed by atoms with Gasteiger partial charge < -0.3 is 14.6 Å². The Morgan fingerprint density at radius 3 is 2.88 bits per heavy atom. The van der Waals surface area contributed by atoms with Crippen LogP contribution in [0.15, 0.2) is 22.8 Å². The zero-order valence-electron chi connectivity index (χ0n) is 10.0. The first kappa shape index (κ1) is 11.7. The number of hydrogen-bond acceptors (Lipinski definition) is 3. The summed E-state index contributed by atoms with van der Waals surface area (Å²) in [7, 11) is 0. The van der Waals surface area contributed by atoms with E-state index in [9.17, 15) is 9.59 Å². The lowest BCUT2D eigenvalue weighted by molar-refractivity contribution is -0.138. The summed E-state index contributed by atoms with van der Waals surface area (Å²) in [5.74, 6) is 0.550. The Bertz CT molecular complexity index is 423. The van der Waals surface area contributed by atoms with Gasteiger partial charge in [-0.05, 0) is 26.0 Å². The molecule has 0 unspecified atom stereocenters. The van der Waals surface area contributed by atoms with Crippen molar-refractivity contribution in [3.63, 3.8) is 0 Å². The van der Waals surface area contributed by atoms with Crippen molar-refractivity contribution in [2.45, 2.75) is 32.4 Å². The number of furan rings is 1. The van der Waals surface area contributed by atoms with E-state index in [1.54, 1.807) is 31.1 Å². The van der Waals surface area contributed by atoms with Gasteiger partial charge in [0, 0.05) is 13.0 Å². The first-order valence-electron chi connectivity index (χ1n) is 5.62. The molecule has 2 amide bonds. The van der Waals surface area contributed by atoms with Gasteiger partial charge in [-0.1, -0.05) is 0 Å². The van der Waals surface area contributed by atoms with Gasteiger partial charge in [0.15, 0.2) is 0 Å². The van der Waals surface area contributed by atoms with Crippen LogP contribution in [-0.4, -0.2) is 28.8 Å². The molecule has 1 aromatic rings. The third-order valence-corrected chi connectivity index (χ3v) is 2.81. The van der Waals surface area contributed by atoms with Crippen molar-refractivity contribution >= 4 is 11.8 Å². The van der Waals surface area contributed by atoms with Crippen LogP contribution in [0.4, 0.5) is 0 Å². The van der Waals surface area contributed by atoms with E-state index in [0.29, 0.717) is 19.5 Å². The Morgan fingerprint density at radius 2 is 2.24 bits per heavy atom. The van der Waals surface area contributed by atoms with Crippen LogP contribution in [0.3, 0.4) is 0 Å². The molecular weight excluding hydrogens is 220 g/mol. The summed E-state index contributed by atoms with van der Waals surface area (Å²) in [6.45, 7) is 4.26. The van der Waals surface area contributed by atoms with Crippen molar-refractivity contribution in [2.75, 3.05) is 6.54 Å². The van der Waals surface area contributed by atoms with Gasteiger partial charge in [0.2, 0.25) is 11.8 Å². The zero-order chi connectivity index (χ0) is 12.5. The molecule has 0 bridgehead atoms. The van der Waals surface area contributed by atoms with Crippen LogP contribution in [0.1, 0.15) is 26.0 Å². The number of carbonyl (C=O) groups excluding carboxylic acids is 2. The van der Waals surface area contributed by atoms with E-state index >= 15 is 0 Å². The van der Waals surface area contributed by atoms with Gasteiger partial charge in [0.05, 0.1) is 12.8 Å². The lowest BCUT2D eigenvalue weighted by Gasteiger charge is -2.28. The van der Waals surface area contributed by atoms with Crippen LogP contribution in [0.2, 0.25) is 0 Å². The minimum atomic E-state index is -0.847. The summed E-state index contributed by atoms with van der Waals surface area (Å²) in [4.78, 5) is 25.3. The van der Waals surface area contributed by atoms with E-state index in [-0.39, 0.29) is 11.8 Å². The molecule has 1 saturated heterocycles. The normalized spacial score (nSPS) is 20.0. The third kappa shape index (κ3) is 2.49. The Balaban J connectivity index is 2.16. The summed E-state index contributed by atoms with van der Waals surface area (Å²) < 4.78 is 5.22. The van der Waals surface area contributed by atoms with Crippen molar-refractivity contribution in [1.82, 2.24) is 10.2 Å². The van der Waals surface area contributed by atoms with Crippen LogP contribution in [0.5, 0.6) is 0 Å². The van der Waals surface area contributed by atoms with Gasteiger partial charge in [0.25, 0.3) is 0 Å². The molecule has 0 atom stereocenters. The Kier molecular flexibility index (Phi) is 2.92. The molecule has 0 aromatic carbocycles. The van der Waals surface area contributed by atoms with Crippen molar-refractivity contribution < 1.29 is 14.0 Å². The molecular formula is C12H16N2O3. The van der Waals surface area contributed by atoms with Crippen LogP contribution in [0.25, 0.3) is 0 Å². The second-order valence-electron chi connectivity index (χ2n) is 4.73. The topological polar surface area (TPSA) is 62.6 Å². The van der Waals surface area contributed by atoms with Gasteiger partial charge in [-0.3, -0.25) is 9.59 Å². The largest absolute Gasteiger partial charge is 0.467 e. The summed E-state index contributed by atoms with van der Waals surface area (Å²) in [6, 6.07) is 3.60. The summed E-state index contributed by atoms with van der Waals surface area (Å²) in [5, 5.41) is 2.72. The number of nitrogens with zero attached hydrogens (tertiary/aromatic N) is 1. The van der Waals surface area contributed by atoms with E-state index in [1.807, 2.05) is 6.07 Å². The molecule has 2 rings (SSSR count). The third-order valence-electron chi connectivity index (χ3n) is 2.81. The standard InChI is InChI=1S/C12H16N2O3/c1-12(2)11(16)14(6-5-10(15)13-12)8-9-4-3-7-17-9/h3-4,7H,5-6,8H2,1-2H3,(H,13,15). The van der Waals surface area contributed by atoms with E-state index in [0.717, 1.165) is 5.76 Å². The molecule has 5 heteroatoms. The maximum absolute atomic E-state index is 12.2. The van der Waals surface area contributed by atoms with Gasteiger partial charge in [-0.25, -0.2) is 0 Å². The second kappa shape index (κ2) is 4.24. The Morgan fingerprint density at radius 1 is 1.47 bits per heavy atom. The SMILES string of the molecule is CC1(C)NC(=O)CCN(Cc2ccco2)C1=O. The van der Waals surface area contributed by atoms with E-state index in [4.69, 9.17) is 4.42 Å². The fourth-order valence-electron chi connectivity index (χ4n) is 1.94. The molecule has 0 saturated carbocycles. The van der Waals surface area contributed by atoms with E-state index in [2.05, 4.69) is 5.32 Å². The summed E-state index contributed by atoms with van der Waals surface area (Å²) in [6.07, 6.45) is 1.90. The lowest BCUT2D eigenvalue weighted by atomic mass is 10.0. The number of hydrogen-bond donors (Lipinski definition) is 1. The first-order chi connectivity index (χ1) is 7.99. The maximum atomic E-state index is 12.2. The van der Waals surface area contributed by atoms with Crippen molar-refractivity contribution in [1.29, 1.82) is 0 Å². The van der Waals surface area contributed by atoms with Crippen molar-refractivity contribution in [3.05, 3.63) is 24.2 Å². The van der Waals surface area contributed by atoms with Crippen LogP contribution < -0.4 is 5.32 Å². The molecule has 0 radical (unpaired) electrons. The average Bonchev–Trinajstić information content (AvgIpc) is 2.71. The van der Waals surface area contributed by atoms with Crippen molar-refractivity contribution in [2.24, 2.45) is 0 Å². The monoisotopic (exact) mass is 236 g/mol. The van der Waals surface area contributed by atoms with Crippen molar-refractivity contribution in [3.8, 4) is 0 Å². The summed E-state index contributed by atoms with van der Waals surface area (Å²) in [5.41, 5.74) is -0.847. The fourth-order valence-corrected chi connectivity index (χ4v) is 1.94. The zero-order valence-corrected chi connectivity index (χ0v) is 10.0.